The molecule has 5 rings (SSSR count). The van der Waals surface area contributed by atoms with Crippen molar-refractivity contribution in [3.63, 3.8) is 0 Å². The van der Waals surface area contributed by atoms with Gasteiger partial charge in [0.2, 0.25) is 0 Å². The molecule has 0 saturated carbocycles. The number of fused-ring (bicyclic) bond motifs is 1. The number of amides is 2. The summed E-state index contributed by atoms with van der Waals surface area (Å²) in [7, 11) is 0. The van der Waals surface area contributed by atoms with Crippen LogP contribution in [0.5, 0.6) is 0 Å². The zero-order chi connectivity index (χ0) is 28.1. The molecule has 1 fully saturated rings. The predicted molar refractivity (Wildman–Crippen MR) is 165 cm³/mol. The molecule has 3 aromatic carbocycles. The number of thioether (sulfide) groups is 1. The van der Waals surface area contributed by atoms with Gasteiger partial charge in [-0.2, -0.15) is 0 Å². The number of quaternary nitrogens is 1. The first-order valence-corrected chi connectivity index (χ1v) is 15.2. The van der Waals surface area contributed by atoms with Crippen LogP contribution in [0.3, 0.4) is 0 Å². The Kier molecular flexibility index (Phi) is 9.08. The van der Waals surface area contributed by atoms with E-state index in [2.05, 4.69) is 50.4 Å². The minimum absolute atomic E-state index is 0.00773. The fraction of sp³-hybridized carbons (Fsp3) is 0.353. The number of hydrogen-bond acceptors (Lipinski definition) is 3. The van der Waals surface area contributed by atoms with E-state index in [1.165, 1.54) is 36.8 Å². The first-order chi connectivity index (χ1) is 19.4. The highest BCUT2D eigenvalue weighted by molar-refractivity contribution is 8.04. The number of nitrogens with one attached hydrogen (secondary N) is 2. The topological polar surface area (TPSA) is 53.9 Å². The Hall–Kier alpha value is -3.35. The van der Waals surface area contributed by atoms with Crippen molar-refractivity contribution >= 4 is 35.3 Å². The largest absolute Gasteiger partial charge is 0.352 e. The third-order valence-corrected chi connectivity index (χ3v) is 8.87. The standard InChI is InChI=1S/C34H39N3O2S/c1-24-8-6-9-28(19-24)23-37-30-10-4-5-11-31(30)40-32(34(37)39)20-27-12-14-29(15-13-27)33(38)35-16-7-17-36-21-25(2)18-26(3)22-36/h4-6,8-15,19-20,25-26H,7,16-18,21-23H2,1-3H3,(H,35,38)/p+1. The number of carbonyl (C=O) groups is 2. The van der Waals surface area contributed by atoms with Gasteiger partial charge in [-0.25, -0.2) is 0 Å². The van der Waals surface area contributed by atoms with E-state index in [4.69, 9.17) is 0 Å². The van der Waals surface area contributed by atoms with E-state index < -0.39 is 0 Å². The maximum absolute atomic E-state index is 13.6. The quantitative estimate of drug-likeness (QED) is 0.291. The summed E-state index contributed by atoms with van der Waals surface area (Å²) in [6.45, 7) is 11.6. The van der Waals surface area contributed by atoms with Crippen LogP contribution in [0.25, 0.3) is 6.08 Å². The second-order valence-electron chi connectivity index (χ2n) is 11.5. The van der Waals surface area contributed by atoms with Gasteiger partial charge < -0.3 is 15.1 Å². The minimum Gasteiger partial charge on any atom is -0.352 e. The van der Waals surface area contributed by atoms with Crippen molar-refractivity contribution in [2.75, 3.05) is 31.1 Å². The number of carbonyl (C=O) groups excluding carboxylic acids is 2. The van der Waals surface area contributed by atoms with E-state index in [9.17, 15) is 9.59 Å². The van der Waals surface area contributed by atoms with Gasteiger partial charge in [0.25, 0.3) is 11.8 Å². The molecule has 208 valence electrons. The highest BCUT2D eigenvalue weighted by atomic mass is 32.2. The average molecular weight is 555 g/mol. The SMILES string of the molecule is Cc1cccc(CN2C(=O)C(=Cc3ccc(C(=O)NCCC[NH+]4CC(C)CC(C)C4)cc3)Sc3ccccc32)c1. The van der Waals surface area contributed by atoms with Crippen LogP contribution in [0.2, 0.25) is 0 Å². The summed E-state index contributed by atoms with van der Waals surface area (Å²) in [4.78, 5) is 31.6. The lowest BCUT2D eigenvalue weighted by Gasteiger charge is -2.32. The van der Waals surface area contributed by atoms with Gasteiger partial charge in [-0.15, -0.1) is 0 Å². The molecule has 6 heteroatoms. The van der Waals surface area contributed by atoms with E-state index in [1.807, 2.05) is 59.5 Å². The molecule has 2 unspecified atom stereocenters. The van der Waals surface area contributed by atoms with E-state index >= 15 is 0 Å². The van der Waals surface area contributed by atoms with E-state index in [1.54, 1.807) is 4.90 Å². The number of nitrogens with zero attached hydrogens (tertiary/aromatic N) is 1. The normalized spacial score (nSPS) is 21.8. The summed E-state index contributed by atoms with van der Waals surface area (Å²) in [5, 5.41) is 3.08. The van der Waals surface area contributed by atoms with Gasteiger partial charge in [0.15, 0.2) is 0 Å². The maximum Gasteiger partial charge on any atom is 0.265 e. The average Bonchev–Trinajstić information content (AvgIpc) is 2.93. The molecule has 0 aromatic heterocycles. The van der Waals surface area contributed by atoms with Gasteiger partial charge in [0.05, 0.1) is 36.8 Å². The van der Waals surface area contributed by atoms with Crippen molar-refractivity contribution in [1.29, 1.82) is 0 Å². The number of para-hydroxylation sites is 1. The van der Waals surface area contributed by atoms with E-state index in [0.717, 1.165) is 46.5 Å². The number of hydrogen-bond donors (Lipinski definition) is 2. The highest BCUT2D eigenvalue weighted by Gasteiger charge is 2.29. The Balaban J connectivity index is 1.21. The number of likely N-dealkylation sites (tertiary alicyclic amines) is 1. The molecule has 1 saturated heterocycles. The number of aryl methyl sites for hydroxylation is 1. The maximum atomic E-state index is 13.6. The fourth-order valence-electron chi connectivity index (χ4n) is 6.06. The van der Waals surface area contributed by atoms with Crippen LogP contribution in [0, 0.1) is 18.8 Å². The smallest absolute Gasteiger partial charge is 0.265 e. The Morgan fingerprint density at radius 3 is 2.52 bits per heavy atom. The third-order valence-electron chi connectivity index (χ3n) is 7.80. The molecule has 5 nitrogen and oxygen atoms in total. The van der Waals surface area contributed by atoms with Gasteiger partial charge >= 0.3 is 0 Å². The molecule has 0 spiro atoms. The van der Waals surface area contributed by atoms with E-state index in [-0.39, 0.29) is 11.8 Å². The lowest BCUT2D eigenvalue weighted by molar-refractivity contribution is -0.912. The van der Waals surface area contributed by atoms with Crippen LogP contribution in [0.15, 0.2) is 82.6 Å². The first kappa shape index (κ1) is 28.2. The Bertz CT molecular complexity index is 1370. The second-order valence-corrected chi connectivity index (χ2v) is 12.6. The summed E-state index contributed by atoms with van der Waals surface area (Å²) in [6, 6.07) is 23.9. The van der Waals surface area contributed by atoms with Crippen LogP contribution in [-0.2, 0) is 11.3 Å². The summed E-state index contributed by atoms with van der Waals surface area (Å²) in [5.41, 5.74) is 4.76. The lowest BCUT2D eigenvalue weighted by Crippen LogP contribution is -3.14. The zero-order valence-electron chi connectivity index (χ0n) is 23.8. The lowest BCUT2D eigenvalue weighted by atomic mass is 9.92. The van der Waals surface area contributed by atoms with Crippen molar-refractivity contribution in [3.05, 3.63) is 100.0 Å². The predicted octanol–water partition coefficient (Wildman–Crippen LogP) is 5.36. The zero-order valence-corrected chi connectivity index (χ0v) is 24.6. The molecule has 40 heavy (non-hydrogen) atoms. The van der Waals surface area contributed by atoms with Gasteiger partial charge in [-0.3, -0.25) is 9.59 Å². The number of benzene rings is 3. The Morgan fingerprint density at radius 1 is 1.02 bits per heavy atom. The van der Waals surface area contributed by atoms with Crippen LogP contribution < -0.4 is 15.1 Å². The second kappa shape index (κ2) is 12.9. The molecule has 2 aliphatic heterocycles. The number of anilines is 1. The molecule has 2 atom stereocenters. The fourth-order valence-corrected chi connectivity index (χ4v) is 7.12. The summed E-state index contributed by atoms with van der Waals surface area (Å²) < 4.78 is 0. The molecule has 2 N–H and O–H groups in total. The van der Waals surface area contributed by atoms with Crippen molar-refractivity contribution in [2.24, 2.45) is 11.8 Å². The van der Waals surface area contributed by atoms with Gasteiger partial charge in [-0.05, 0) is 54.8 Å². The minimum atomic E-state index is -0.0454. The monoisotopic (exact) mass is 554 g/mol. The summed E-state index contributed by atoms with van der Waals surface area (Å²) in [5.74, 6) is 1.52. The van der Waals surface area contributed by atoms with Crippen molar-refractivity contribution in [3.8, 4) is 0 Å². The molecule has 0 bridgehead atoms. The molecule has 0 radical (unpaired) electrons. The van der Waals surface area contributed by atoms with Gasteiger partial charge in [0, 0.05) is 35.3 Å². The summed E-state index contributed by atoms with van der Waals surface area (Å²) in [6.07, 6.45) is 4.25. The van der Waals surface area contributed by atoms with Crippen LogP contribution >= 0.6 is 11.8 Å². The molecule has 0 aliphatic carbocycles. The van der Waals surface area contributed by atoms with E-state index in [0.29, 0.717) is 23.6 Å². The first-order valence-electron chi connectivity index (χ1n) is 14.4. The highest BCUT2D eigenvalue weighted by Crippen LogP contribution is 2.42. The molecule has 3 aromatic rings. The Morgan fingerprint density at radius 2 is 1.77 bits per heavy atom. The van der Waals surface area contributed by atoms with Gasteiger partial charge in [-0.1, -0.05) is 79.7 Å². The van der Waals surface area contributed by atoms with Crippen LogP contribution in [0.1, 0.15) is 53.7 Å². The number of piperidine rings is 1. The molecule has 2 amide bonds. The Labute approximate surface area is 242 Å². The molecule has 2 aliphatic rings. The van der Waals surface area contributed by atoms with Crippen molar-refractivity contribution < 1.29 is 14.5 Å². The van der Waals surface area contributed by atoms with Gasteiger partial charge in [0.1, 0.15) is 0 Å². The van der Waals surface area contributed by atoms with Crippen LogP contribution in [0.4, 0.5) is 5.69 Å². The van der Waals surface area contributed by atoms with Crippen molar-refractivity contribution in [2.45, 2.75) is 45.1 Å². The molecule has 2 heterocycles. The van der Waals surface area contributed by atoms with Crippen LogP contribution in [-0.4, -0.2) is 38.0 Å². The molecular formula is C34H40N3O2S+. The summed E-state index contributed by atoms with van der Waals surface area (Å²) >= 11 is 1.50. The molecular weight excluding hydrogens is 514 g/mol. The third kappa shape index (κ3) is 7.04. The number of rotatable bonds is 8. The van der Waals surface area contributed by atoms with Crippen molar-refractivity contribution in [1.82, 2.24) is 5.32 Å².